The van der Waals surface area contributed by atoms with Crippen LogP contribution in [0.25, 0.3) is 22.4 Å². The van der Waals surface area contributed by atoms with Crippen molar-refractivity contribution in [2.45, 2.75) is 39.8 Å². The fraction of sp³-hybridized carbons (Fsp3) is 0.333. The molecule has 0 amide bonds. The summed E-state index contributed by atoms with van der Waals surface area (Å²) in [5, 5.41) is 0. The molecule has 0 radical (unpaired) electrons. The number of benzene rings is 1. The van der Waals surface area contributed by atoms with E-state index in [2.05, 4.69) is 4.98 Å². The fourth-order valence-electron chi connectivity index (χ4n) is 3.96. The SMILES string of the molecule is CCOC(=O)c1cc(-c2cccnc2)c2n1CCc1cc(OC)c(OC(C)C)cc1-2. The molecule has 0 spiro atoms. The fourth-order valence-corrected chi connectivity index (χ4v) is 3.96. The van der Waals surface area contributed by atoms with Gasteiger partial charge in [0.15, 0.2) is 11.5 Å². The average Bonchev–Trinajstić information content (AvgIpc) is 3.14. The Balaban J connectivity index is 1.95. The van der Waals surface area contributed by atoms with E-state index in [4.69, 9.17) is 14.2 Å². The third-order valence-corrected chi connectivity index (χ3v) is 5.17. The summed E-state index contributed by atoms with van der Waals surface area (Å²) in [6.45, 7) is 6.81. The zero-order valence-corrected chi connectivity index (χ0v) is 17.8. The van der Waals surface area contributed by atoms with Crippen molar-refractivity contribution in [3.63, 3.8) is 0 Å². The Hall–Kier alpha value is -3.28. The topological polar surface area (TPSA) is 62.6 Å². The molecule has 3 aromatic rings. The number of esters is 1. The first kappa shape index (κ1) is 20.0. The van der Waals surface area contributed by atoms with Gasteiger partial charge >= 0.3 is 5.97 Å². The second-order valence-electron chi connectivity index (χ2n) is 7.48. The number of carbonyl (C=O) groups is 1. The van der Waals surface area contributed by atoms with E-state index < -0.39 is 0 Å². The van der Waals surface area contributed by atoms with Gasteiger partial charge < -0.3 is 18.8 Å². The van der Waals surface area contributed by atoms with Crippen molar-refractivity contribution < 1.29 is 19.0 Å². The molecule has 6 heteroatoms. The molecule has 0 N–H and O–H groups in total. The van der Waals surface area contributed by atoms with Crippen LogP contribution in [0, 0.1) is 0 Å². The lowest BCUT2D eigenvalue weighted by molar-refractivity contribution is 0.0514. The van der Waals surface area contributed by atoms with Gasteiger partial charge in [-0.25, -0.2) is 4.79 Å². The van der Waals surface area contributed by atoms with Gasteiger partial charge in [-0.3, -0.25) is 4.98 Å². The number of carbonyl (C=O) groups excluding carboxylic acids is 1. The van der Waals surface area contributed by atoms with Crippen LogP contribution in [0.5, 0.6) is 11.5 Å². The molecule has 30 heavy (non-hydrogen) atoms. The van der Waals surface area contributed by atoms with Crippen molar-refractivity contribution in [2.24, 2.45) is 0 Å². The first-order valence-corrected chi connectivity index (χ1v) is 10.2. The molecule has 4 rings (SSSR count). The summed E-state index contributed by atoms with van der Waals surface area (Å²) in [4.78, 5) is 17.0. The second kappa shape index (κ2) is 8.22. The number of rotatable bonds is 6. The molecule has 1 aromatic carbocycles. The summed E-state index contributed by atoms with van der Waals surface area (Å²) in [5.41, 5.74) is 5.63. The summed E-state index contributed by atoms with van der Waals surface area (Å²) in [5.74, 6) is 1.09. The molecular formula is C24H26N2O4. The summed E-state index contributed by atoms with van der Waals surface area (Å²) >= 11 is 0. The third kappa shape index (κ3) is 3.54. The number of ether oxygens (including phenoxy) is 3. The minimum Gasteiger partial charge on any atom is -0.493 e. The highest BCUT2D eigenvalue weighted by molar-refractivity contribution is 5.95. The Morgan fingerprint density at radius 3 is 2.70 bits per heavy atom. The molecule has 0 unspecified atom stereocenters. The lowest BCUT2D eigenvalue weighted by Gasteiger charge is -2.24. The summed E-state index contributed by atoms with van der Waals surface area (Å²) in [7, 11) is 1.65. The van der Waals surface area contributed by atoms with Crippen LogP contribution < -0.4 is 9.47 Å². The van der Waals surface area contributed by atoms with Crippen LogP contribution in [-0.2, 0) is 17.7 Å². The van der Waals surface area contributed by atoms with Gasteiger partial charge in [0.2, 0.25) is 0 Å². The molecule has 6 nitrogen and oxygen atoms in total. The van der Waals surface area contributed by atoms with Gasteiger partial charge in [-0.2, -0.15) is 0 Å². The molecule has 156 valence electrons. The lowest BCUT2D eigenvalue weighted by atomic mass is 9.94. The Bertz CT molecular complexity index is 1070. The van der Waals surface area contributed by atoms with Crippen LogP contribution in [0.3, 0.4) is 0 Å². The normalized spacial score (nSPS) is 12.3. The average molecular weight is 406 g/mol. The van der Waals surface area contributed by atoms with Crippen LogP contribution in [0.2, 0.25) is 0 Å². The Labute approximate surface area is 176 Å². The summed E-state index contributed by atoms with van der Waals surface area (Å²) in [6.07, 6.45) is 4.36. The summed E-state index contributed by atoms with van der Waals surface area (Å²) in [6, 6.07) is 9.87. The minimum absolute atomic E-state index is 0.0141. The van der Waals surface area contributed by atoms with E-state index in [0.29, 0.717) is 24.6 Å². The lowest BCUT2D eigenvalue weighted by Crippen LogP contribution is -2.18. The molecule has 0 bridgehead atoms. The zero-order chi connectivity index (χ0) is 21.3. The van der Waals surface area contributed by atoms with E-state index >= 15 is 0 Å². The summed E-state index contributed by atoms with van der Waals surface area (Å²) < 4.78 is 19.0. The molecule has 1 aliphatic rings. The smallest absolute Gasteiger partial charge is 0.354 e. The van der Waals surface area contributed by atoms with Gasteiger partial charge in [-0.1, -0.05) is 6.07 Å². The van der Waals surface area contributed by atoms with Crippen LogP contribution in [0.1, 0.15) is 36.8 Å². The van der Waals surface area contributed by atoms with Gasteiger partial charge in [-0.15, -0.1) is 0 Å². The molecule has 1 aliphatic heterocycles. The minimum atomic E-state index is -0.315. The van der Waals surface area contributed by atoms with Crippen molar-refractivity contribution in [2.75, 3.05) is 13.7 Å². The van der Waals surface area contributed by atoms with E-state index in [0.717, 1.165) is 40.1 Å². The number of fused-ring (bicyclic) bond motifs is 3. The molecular weight excluding hydrogens is 380 g/mol. The number of aryl methyl sites for hydroxylation is 1. The number of hydrogen-bond donors (Lipinski definition) is 0. The van der Waals surface area contributed by atoms with Crippen molar-refractivity contribution >= 4 is 5.97 Å². The maximum absolute atomic E-state index is 12.7. The van der Waals surface area contributed by atoms with Gasteiger partial charge in [-0.05, 0) is 57.0 Å². The Morgan fingerprint density at radius 1 is 1.20 bits per heavy atom. The van der Waals surface area contributed by atoms with Gasteiger partial charge in [0.05, 0.1) is 25.5 Å². The molecule has 0 atom stereocenters. The first-order chi connectivity index (χ1) is 14.5. The molecule has 2 aromatic heterocycles. The van der Waals surface area contributed by atoms with Gasteiger partial charge in [0.1, 0.15) is 5.69 Å². The van der Waals surface area contributed by atoms with Crippen molar-refractivity contribution in [3.8, 4) is 33.9 Å². The Morgan fingerprint density at radius 2 is 2.03 bits per heavy atom. The number of aromatic nitrogens is 2. The number of methoxy groups -OCH3 is 1. The monoisotopic (exact) mass is 406 g/mol. The maximum atomic E-state index is 12.7. The van der Waals surface area contributed by atoms with Gasteiger partial charge in [0.25, 0.3) is 0 Å². The van der Waals surface area contributed by atoms with Crippen LogP contribution >= 0.6 is 0 Å². The van der Waals surface area contributed by atoms with Crippen molar-refractivity contribution in [3.05, 3.63) is 54.0 Å². The molecule has 0 saturated heterocycles. The van der Waals surface area contributed by atoms with Crippen LogP contribution in [0.4, 0.5) is 0 Å². The first-order valence-electron chi connectivity index (χ1n) is 10.2. The van der Waals surface area contributed by atoms with Crippen molar-refractivity contribution in [1.82, 2.24) is 9.55 Å². The van der Waals surface area contributed by atoms with Gasteiger partial charge in [0, 0.05) is 35.6 Å². The highest BCUT2D eigenvalue weighted by Crippen LogP contribution is 2.44. The van der Waals surface area contributed by atoms with Crippen molar-refractivity contribution in [1.29, 1.82) is 0 Å². The van der Waals surface area contributed by atoms with Crippen LogP contribution in [0.15, 0.2) is 42.7 Å². The predicted octanol–water partition coefficient (Wildman–Crippen LogP) is 4.75. The quantitative estimate of drug-likeness (QED) is 0.553. The largest absolute Gasteiger partial charge is 0.493 e. The second-order valence-corrected chi connectivity index (χ2v) is 7.48. The maximum Gasteiger partial charge on any atom is 0.354 e. The highest BCUT2D eigenvalue weighted by atomic mass is 16.5. The van der Waals surface area contributed by atoms with E-state index in [-0.39, 0.29) is 12.1 Å². The van der Waals surface area contributed by atoms with Crippen LogP contribution in [-0.4, -0.2) is 35.3 Å². The number of hydrogen-bond acceptors (Lipinski definition) is 5. The highest BCUT2D eigenvalue weighted by Gasteiger charge is 2.28. The molecule has 3 heterocycles. The van der Waals surface area contributed by atoms with E-state index in [1.165, 1.54) is 0 Å². The number of nitrogens with zero attached hydrogens (tertiary/aromatic N) is 2. The van der Waals surface area contributed by atoms with E-state index in [9.17, 15) is 4.79 Å². The number of pyridine rings is 1. The molecule has 0 aliphatic carbocycles. The third-order valence-electron chi connectivity index (χ3n) is 5.17. The molecule has 0 fully saturated rings. The standard InChI is InChI=1S/C24H26N2O4/c1-5-29-24(27)20-12-18(17-7-6-9-25-14-17)23-19-13-22(30-15(2)3)21(28-4)11-16(19)8-10-26(20)23/h6-7,9,11-15H,5,8,10H2,1-4H3. The zero-order valence-electron chi connectivity index (χ0n) is 17.8. The van der Waals surface area contributed by atoms with E-state index in [1.807, 2.05) is 61.9 Å². The molecule has 0 saturated carbocycles. The van der Waals surface area contributed by atoms with E-state index in [1.54, 1.807) is 13.3 Å². The Kier molecular flexibility index (Phi) is 5.48. The predicted molar refractivity (Wildman–Crippen MR) is 115 cm³/mol.